The van der Waals surface area contributed by atoms with Crippen LogP contribution in [0.4, 0.5) is 5.69 Å². The predicted molar refractivity (Wildman–Crippen MR) is 137 cm³/mol. The van der Waals surface area contributed by atoms with Crippen molar-refractivity contribution in [3.63, 3.8) is 0 Å². The third kappa shape index (κ3) is 3.74. The van der Waals surface area contributed by atoms with Crippen LogP contribution in [0.25, 0.3) is 16.5 Å². The maximum absolute atomic E-state index is 13.4. The second-order valence-electron chi connectivity index (χ2n) is 7.85. The number of ketones is 1. The van der Waals surface area contributed by atoms with Crippen LogP contribution in [0.5, 0.6) is 0 Å². The number of aliphatic hydroxyl groups is 1. The number of Topliss-reactive ketones (excluding diaryl/α,β-unsaturated/α-hetero) is 1. The van der Waals surface area contributed by atoms with E-state index in [-0.39, 0.29) is 21.9 Å². The van der Waals surface area contributed by atoms with Crippen LogP contribution in [-0.2, 0) is 9.59 Å². The van der Waals surface area contributed by atoms with Gasteiger partial charge in [0.2, 0.25) is 0 Å². The van der Waals surface area contributed by atoms with Gasteiger partial charge in [-0.1, -0.05) is 83.3 Å². The number of benzene rings is 4. The Kier molecular flexibility index (Phi) is 5.82. The van der Waals surface area contributed by atoms with E-state index >= 15 is 0 Å². The molecule has 0 aromatic heterocycles. The van der Waals surface area contributed by atoms with Gasteiger partial charge in [0.15, 0.2) is 0 Å². The van der Waals surface area contributed by atoms with Crippen molar-refractivity contribution in [3.8, 4) is 0 Å². The van der Waals surface area contributed by atoms with Gasteiger partial charge in [0, 0.05) is 16.3 Å². The molecule has 5 rings (SSSR count). The fourth-order valence-electron chi connectivity index (χ4n) is 4.31. The normalized spacial score (nSPS) is 17.5. The molecule has 1 aliphatic heterocycles. The minimum absolute atomic E-state index is 0.0419. The SMILES string of the molecule is O=C1C(=O)N(c2cccc(Cl)c2)C(c2cccc3ccccc23)/C1=C(/O)c1ccc(Cl)c(Cl)c1. The molecule has 0 spiro atoms. The Morgan fingerprint density at radius 1 is 0.794 bits per heavy atom. The number of nitrogens with zero attached hydrogens (tertiary/aromatic N) is 1. The van der Waals surface area contributed by atoms with Crippen LogP contribution in [-0.4, -0.2) is 16.8 Å². The number of carbonyl (C=O) groups is 2. The molecule has 0 aliphatic carbocycles. The highest BCUT2D eigenvalue weighted by Crippen LogP contribution is 2.44. The van der Waals surface area contributed by atoms with Gasteiger partial charge in [-0.3, -0.25) is 14.5 Å². The molecule has 1 unspecified atom stereocenters. The van der Waals surface area contributed by atoms with E-state index < -0.39 is 17.7 Å². The molecule has 0 saturated carbocycles. The smallest absolute Gasteiger partial charge is 0.300 e. The zero-order valence-corrected chi connectivity index (χ0v) is 19.8. The van der Waals surface area contributed by atoms with Crippen LogP contribution in [0.2, 0.25) is 15.1 Å². The lowest BCUT2D eigenvalue weighted by molar-refractivity contribution is -0.132. The summed E-state index contributed by atoms with van der Waals surface area (Å²) in [4.78, 5) is 28.1. The van der Waals surface area contributed by atoms with Gasteiger partial charge in [0.1, 0.15) is 5.76 Å². The highest BCUT2D eigenvalue weighted by molar-refractivity contribution is 6.52. The van der Waals surface area contributed by atoms with Crippen molar-refractivity contribution < 1.29 is 14.7 Å². The van der Waals surface area contributed by atoms with Crippen LogP contribution in [0, 0.1) is 0 Å². The summed E-state index contributed by atoms with van der Waals surface area (Å²) < 4.78 is 0. The standard InChI is InChI=1S/C27H16Cl3NO3/c28-17-7-4-8-18(14-17)31-24(20-10-3-6-15-5-1-2-9-19(15)20)23(26(33)27(31)34)25(32)16-11-12-21(29)22(30)13-16/h1-14,24,32H/b25-23-. The van der Waals surface area contributed by atoms with Crippen molar-refractivity contribution in [2.75, 3.05) is 4.90 Å². The highest BCUT2D eigenvalue weighted by Gasteiger charge is 2.47. The van der Waals surface area contributed by atoms with Gasteiger partial charge in [-0.2, -0.15) is 0 Å². The summed E-state index contributed by atoms with van der Waals surface area (Å²) in [5, 5.41) is 14.0. The average molecular weight is 509 g/mol. The van der Waals surface area contributed by atoms with Gasteiger partial charge >= 0.3 is 0 Å². The van der Waals surface area contributed by atoms with Crippen LogP contribution in [0.15, 0.2) is 90.5 Å². The van der Waals surface area contributed by atoms with Crippen molar-refractivity contribution >= 4 is 68.7 Å². The lowest BCUT2D eigenvalue weighted by Gasteiger charge is -2.26. The molecule has 1 heterocycles. The molecule has 1 saturated heterocycles. The third-order valence-corrected chi connectivity index (χ3v) is 6.82. The minimum atomic E-state index is -0.890. The number of aliphatic hydroxyl groups excluding tert-OH is 1. The Labute approximate surface area is 210 Å². The Hall–Kier alpha value is -3.31. The predicted octanol–water partition coefficient (Wildman–Crippen LogP) is 7.43. The number of amides is 1. The number of rotatable bonds is 3. The summed E-state index contributed by atoms with van der Waals surface area (Å²) in [5.41, 5.74) is 1.38. The molecule has 4 aromatic rings. The molecule has 168 valence electrons. The number of anilines is 1. The number of carbonyl (C=O) groups excluding carboxylic acids is 2. The van der Waals surface area contributed by atoms with Gasteiger partial charge in [-0.05, 0) is 52.7 Å². The Bertz CT molecular complexity index is 1510. The third-order valence-electron chi connectivity index (χ3n) is 5.84. The van der Waals surface area contributed by atoms with Gasteiger partial charge < -0.3 is 5.11 Å². The second kappa shape index (κ2) is 8.80. The number of halogens is 3. The van der Waals surface area contributed by atoms with Crippen molar-refractivity contribution in [2.24, 2.45) is 0 Å². The van der Waals surface area contributed by atoms with Crippen molar-refractivity contribution in [2.45, 2.75) is 6.04 Å². The van der Waals surface area contributed by atoms with Crippen LogP contribution >= 0.6 is 34.8 Å². The minimum Gasteiger partial charge on any atom is -0.507 e. The molecule has 34 heavy (non-hydrogen) atoms. The molecule has 0 bridgehead atoms. The zero-order chi connectivity index (χ0) is 24.0. The molecular formula is C27H16Cl3NO3. The first-order chi connectivity index (χ1) is 16.4. The van der Waals surface area contributed by atoms with Gasteiger partial charge in [-0.15, -0.1) is 0 Å². The van der Waals surface area contributed by atoms with Gasteiger partial charge in [0.25, 0.3) is 11.7 Å². The first kappa shape index (κ1) is 22.5. The molecule has 1 aliphatic rings. The molecule has 1 amide bonds. The molecule has 4 nitrogen and oxygen atoms in total. The number of hydrogen-bond donors (Lipinski definition) is 1. The zero-order valence-electron chi connectivity index (χ0n) is 17.5. The first-order valence-corrected chi connectivity index (χ1v) is 11.5. The van der Waals surface area contributed by atoms with E-state index in [0.717, 1.165) is 10.8 Å². The number of fused-ring (bicyclic) bond motifs is 1. The van der Waals surface area contributed by atoms with E-state index in [1.54, 1.807) is 30.3 Å². The van der Waals surface area contributed by atoms with E-state index in [1.165, 1.54) is 17.0 Å². The summed E-state index contributed by atoms with van der Waals surface area (Å²) in [6.07, 6.45) is 0. The summed E-state index contributed by atoms with van der Waals surface area (Å²) in [6.45, 7) is 0. The molecule has 1 atom stereocenters. The van der Waals surface area contributed by atoms with Crippen LogP contribution in [0.1, 0.15) is 17.2 Å². The Morgan fingerprint density at radius 2 is 1.53 bits per heavy atom. The van der Waals surface area contributed by atoms with Crippen LogP contribution in [0.3, 0.4) is 0 Å². The molecule has 0 radical (unpaired) electrons. The van der Waals surface area contributed by atoms with E-state index in [4.69, 9.17) is 34.8 Å². The van der Waals surface area contributed by atoms with Crippen LogP contribution < -0.4 is 4.90 Å². The molecule has 1 N–H and O–H groups in total. The van der Waals surface area contributed by atoms with Crippen molar-refractivity contribution in [3.05, 3.63) is 117 Å². The summed E-state index contributed by atoms with van der Waals surface area (Å²) in [5.74, 6) is -1.90. The lowest BCUT2D eigenvalue weighted by Crippen LogP contribution is -2.29. The molecule has 1 fully saturated rings. The van der Waals surface area contributed by atoms with E-state index in [1.807, 2.05) is 42.5 Å². The van der Waals surface area contributed by atoms with Gasteiger partial charge in [-0.25, -0.2) is 0 Å². The second-order valence-corrected chi connectivity index (χ2v) is 9.10. The maximum Gasteiger partial charge on any atom is 0.300 e. The maximum atomic E-state index is 13.4. The topological polar surface area (TPSA) is 57.6 Å². The molecule has 4 aromatic carbocycles. The lowest BCUT2D eigenvalue weighted by atomic mass is 9.91. The first-order valence-electron chi connectivity index (χ1n) is 10.4. The average Bonchev–Trinajstić information content (AvgIpc) is 3.10. The quantitative estimate of drug-likeness (QED) is 0.178. The summed E-state index contributed by atoms with van der Waals surface area (Å²) in [6, 6.07) is 23.7. The fraction of sp³-hybridized carbons (Fsp3) is 0.0370. The Morgan fingerprint density at radius 3 is 2.29 bits per heavy atom. The highest BCUT2D eigenvalue weighted by atomic mass is 35.5. The fourth-order valence-corrected chi connectivity index (χ4v) is 4.79. The van der Waals surface area contributed by atoms with E-state index in [9.17, 15) is 14.7 Å². The largest absolute Gasteiger partial charge is 0.507 e. The Balaban J connectivity index is 1.82. The summed E-state index contributed by atoms with van der Waals surface area (Å²) in [7, 11) is 0. The number of hydrogen-bond acceptors (Lipinski definition) is 3. The monoisotopic (exact) mass is 507 g/mol. The van der Waals surface area contributed by atoms with Crippen molar-refractivity contribution in [1.82, 2.24) is 0 Å². The van der Waals surface area contributed by atoms with Gasteiger partial charge in [0.05, 0.1) is 21.7 Å². The van der Waals surface area contributed by atoms with E-state index in [0.29, 0.717) is 21.3 Å². The molecular weight excluding hydrogens is 493 g/mol. The van der Waals surface area contributed by atoms with E-state index in [2.05, 4.69) is 0 Å². The van der Waals surface area contributed by atoms with Crippen molar-refractivity contribution in [1.29, 1.82) is 0 Å². The summed E-state index contributed by atoms with van der Waals surface area (Å²) >= 11 is 18.4. The molecule has 7 heteroatoms.